The summed E-state index contributed by atoms with van der Waals surface area (Å²) in [4.78, 5) is 0.670. The van der Waals surface area contributed by atoms with Gasteiger partial charge in [0.25, 0.3) is 10.0 Å². The highest BCUT2D eigenvalue weighted by Gasteiger charge is 2.25. The molecule has 1 rings (SSSR count). The number of aliphatic hydroxyl groups excluding tert-OH is 1. The van der Waals surface area contributed by atoms with E-state index in [0.717, 1.165) is 16.9 Å². The molecule has 0 amide bonds. The van der Waals surface area contributed by atoms with Gasteiger partial charge in [-0.2, -0.15) is 4.31 Å². The average molecular weight is 305 g/mol. The first-order valence-electron chi connectivity index (χ1n) is 5.77. The third-order valence-electron chi connectivity index (χ3n) is 2.61. The van der Waals surface area contributed by atoms with Gasteiger partial charge >= 0.3 is 0 Å². The number of hydrogen-bond donors (Lipinski definition) is 1. The fourth-order valence-electron chi connectivity index (χ4n) is 1.55. The Hall–Kier alpha value is -0.730. The predicted molar refractivity (Wildman–Crippen MR) is 75.8 cm³/mol. The molecule has 7 heteroatoms. The minimum Gasteiger partial charge on any atom is -0.391 e. The van der Waals surface area contributed by atoms with Crippen molar-refractivity contribution in [3.05, 3.63) is 29.2 Å². The number of rotatable bonds is 8. The third-order valence-corrected chi connectivity index (χ3v) is 6.15. The number of hydrogen-bond acceptors (Lipinski definition) is 5. The van der Waals surface area contributed by atoms with Crippen LogP contribution in [0, 0.1) is 6.92 Å². The molecule has 0 bridgehead atoms. The minimum atomic E-state index is -3.56. The fraction of sp³-hybridized carbons (Fsp3) is 0.500. The van der Waals surface area contributed by atoms with Crippen LogP contribution in [0.2, 0.25) is 0 Å². The maximum atomic E-state index is 12.5. The Labute approximate surface area is 118 Å². The van der Waals surface area contributed by atoms with Crippen molar-refractivity contribution in [3.63, 3.8) is 0 Å². The Morgan fingerprint density at radius 2 is 2.26 bits per heavy atom. The van der Waals surface area contributed by atoms with E-state index in [1.54, 1.807) is 19.1 Å². The second-order valence-electron chi connectivity index (χ2n) is 3.97. The minimum absolute atomic E-state index is 0.147. The van der Waals surface area contributed by atoms with Crippen LogP contribution >= 0.6 is 11.3 Å². The highest BCUT2D eigenvalue weighted by Crippen LogP contribution is 2.28. The van der Waals surface area contributed by atoms with Gasteiger partial charge in [0, 0.05) is 25.1 Å². The number of aliphatic hydroxyl groups is 1. The lowest BCUT2D eigenvalue weighted by atomic mass is 10.3. The summed E-state index contributed by atoms with van der Waals surface area (Å²) in [6.07, 6.45) is 1.54. The van der Waals surface area contributed by atoms with Gasteiger partial charge in [0.05, 0.1) is 13.2 Å². The maximum absolute atomic E-state index is 12.5. The molecule has 0 radical (unpaired) electrons. The van der Waals surface area contributed by atoms with Gasteiger partial charge in [-0.15, -0.1) is 17.9 Å². The molecule has 0 aliphatic rings. The summed E-state index contributed by atoms with van der Waals surface area (Å²) < 4.78 is 31.4. The van der Waals surface area contributed by atoms with Crippen molar-refractivity contribution in [2.45, 2.75) is 17.7 Å². The van der Waals surface area contributed by atoms with Crippen molar-refractivity contribution in [2.75, 3.05) is 26.8 Å². The standard InChI is InChI=1S/C12H19NO4S2/c1-4-5-13(6-7-17-3)19(15,16)12-8-10(2)11(9-14)18-12/h4,8,14H,1,5-7,9H2,2-3H3. The van der Waals surface area contributed by atoms with Gasteiger partial charge in [-0.05, 0) is 18.6 Å². The monoisotopic (exact) mass is 305 g/mol. The Bertz CT molecular complexity index is 522. The van der Waals surface area contributed by atoms with Gasteiger partial charge in [0.1, 0.15) is 4.21 Å². The zero-order valence-corrected chi connectivity index (χ0v) is 12.8. The Morgan fingerprint density at radius 1 is 1.58 bits per heavy atom. The zero-order chi connectivity index (χ0) is 14.5. The van der Waals surface area contributed by atoms with Crippen molar-refractivity contribution < 1.29 is 18.3 Å². The maximum Gasteiger partial charge on any atom is 0.252 e. The molecule has 1 aromatic heterocycles. The summed E-state index contributed by atoms with van der Waals surface area (Å²) in [5.41, 5.74) is 0.788. The molecule has 1 aromatic rings. The predicted octanol–water partition coefficient (Wildman–Crippen LogP) is 1.37. The molecule has 0 saturated carbocycles. The molecule has 0 aliphatic heterocycles. The van der Waals surface area contributed by atoms with Gasteiger partial charge in [0.2, 0.25) is 0 Å². The van der Waals surface area contributed by atoms with E-state index < -0.39 is 10.0 Å². The molecule has 5 nitrogen and oxygen atoms in total. The topological polar surface area (TPSA) is 66.8 Å². The number of sulfonamides is 1. The molecule has 0 fully saturated rings. The molecule has 0 aliphatic carbocycles. The van der Waals surface area contributed by atoms with E-state index in [1.165, 1.54) is 11.4 Å². The second kappa shape index (κ2) is 7.16. The first-order valence-corrected chi connectivity index (χ1v) is 8.03. The molecule has 0 spiro atoms. The van der Waals surface area contributed by atoms with Crippen LogP contribution in [0.5, 0.6) is 0 Å². The van der Waals surface area contributed by atoms with Crippen molar-refractivity contribution in [1.29, 1.82) is 0 Å². The van der Waals surface area contributed by atoms with E-state index in [4.69, 9.17) is 9.84 Å². The summed E-state index contributed by atoms with van der Waals surface area (Å²) in [5, 5.41) is 9.15. The summed E-state index contributed by atoms with van der Waals surface area (Å²) >= 11 is 1.10. The second-order valence-corrected chi connectivity index (χ2v) is 7.28. The van der Waals surface area contributed by atoms with Gasteiger partial charge in [-0.1, -0.05) is 6.08 Å². The van der Waals surface area contributed by atoms with Crippen molar-refractivity contribution in [1.82, 2.24) is 4.31 Å². The lowest BCUT2D eigenvalue weighted by Crippen LogP contribution is -2.33. The van der Waals surface area contributed by atoms with E-state index in [-0.39, 0.29) is 23.9 Å². The van der Waals surface area contributed by atoms with Crippen molar-refractivity contribution >= 4 is 21.4 Å². The summed E-state index contributed by atoms with van der Waals surface area (Å²) in [5.74, 6) is 0. The third kappa shape index (κ3) is 3.87. The van der Waals surface area contributed by atoms with Crippen molar-refractivity contribution in [3.8, 4) is 0 Å². The molecule has 0 aromatic carbocycles. The van der Waals surface area contributed by atoms with Gasteiger partial charge < -0.3 is 9.84 Å². The van der Waals surface area contributed by atoms with Gasteiger partial charge in [0.15, 0.2) is 0 Å². The Kier molecular flexibility index (Phi) is 6.15. The number of methoxy groups -OCH3 is 1. The highest BCUT2D eigenvalue weighted by molar-refractivity contribution is 7.91. The van der Waals surface area contributed by atoms with Gasteiger partial charge in [-0.25, -0.2) is 8.42 Å². The van der Waals surface area contributed by atoms with Crippen LogP contribution < -0.4 is 0 Å². The van der Waals surface area contributed by atoms with Gasteiger partial charge in [-0.3, -0.25) is 0 Å². The number of aryl methyl sites for hydroxylation is 1. The quantitative estimate of drug-likeness (QED) is 0.737. The van der Waals surface area contributed by atoms with Crippen LogP contribution in [0.3, 0.4) is 0 Å². The number of nitrogens with zero attached hydrogens (tertiary/aromatic N) is 1. The zero-order valence-electron chi connectivity index (χ0n) is 11.1. The fourth-order valence-corrected chi connectivity index (χ4v) is 4.55. The molecule has 1 N–H and O–H groups in total. The normalized spacial score (nSPS) is 12.0. The lowest BCUT2D eigenvalue weighted by molar-refractivity contribution is 0.182. The van der Waals surface area contributed by atoms with Crippen LogP contribution in [-0.2, 0) is 21.4 Å². The molecule has 19 heavy (non-hydrogen) atoms. The lowest BCUT2D eigenvalue weighted by Gasteiger charge is -2.19. The molecule has 0 unspecified atom stereocenters. The van der Waals surface area contributed by atoms with E-state index >= 15 is 0 Å². The number of thiophene rings is 1. The first kappa shape index (κ1) is 16.3. The smallest absolute Gasteiger partial charge is 0.252 e. The highest BCUT2D eigenvalue weighted by atomic mass is 32.2. The van der Waals surface area contributed by atoms with Crippen LogP contribution in [0.1, 0.15) is 10.4 Å². The molecule has 0 saturated heterocycles. The van der Waals surface area contributed by atoms with E-state index in [1.807, 2.05) is 0 Å². The van der Waals surface area contributed by atoms with E-state index in [9.17, 15) is 8.42 Å². The molecular formula is C12H19NO4S2. The van der Waals surface area contributed by atoms with Crippen LogP contribution in [0.25, 0.3) is 0 Å². The summed E-state index contributed by atoms with van der Waals surface area (Å²) in [7, 11) is -2.03. The summed E-state index contributed by atoms with van der Waals surface area (Å²) in [6, 6.07) is 1.59. The Morgan fingerprint density at radius 3 is 2.74 bits per heavy atom. The largest absolute Gasteiger partial charge is 0.391 e. The van der Waals surface area contributed by atoms with Crippen LogP contribution in [-0.4, -0.2) is 44.6 Å². The number of ether oxygens (including phenoxy) is 1. The SMILES string of the molecule is C=CCN(CCOC)S(=O)(=O)c1cc(C)c(CO)s1. The van der Waals surface area contributed by atoms with Crippen molar-refractivity contribution in [2.24, 2.45) is 0 Å². The van der Waals surface area contributed by atoms with Crippen LogP contribution in [0.4, 0.5) is 0 Å². The molecule has 0 atom stereocenters. The average Bonchev–Trinajstić information content (AvgIpc) is 2.76. The van der Waals surface area contributed by atoms with E-state index in [0.29, 0.717) is 11.5 Å². The molecule has 108 valence electrons. The Balaban J connectivity index is 3.06. The summed E-state index contributed by atoms with van der Waals surface area (Å²) in [6.45, 7) is 6.04. The molecular weight excluding hydrogens is 286 g/mol. The van der Waals surface area contributed by atoms with Crippen LogP contribution in [0.15, 0.2) is 22.9 Å². The molecule has 1 heterocycles. The van der Waals surface area contributed by atoms with E-state index in [2.05, 4.69) is 6.58 Å². The first-order chi connectivity index (χ1) is 8.97.